The Morgan fingerprint density at radius 2 is 1.84 bits per heavy atom. The summed E-state index contributed by atoms with van der Waals surface area (Å²) in [6.07, 6.45) is 7.27. The molecule has 1 unspecified atom stereocenters. The summed E-state index contributed by atoms with van der Waals surface area (Å²) in [6, 6.07) is 10.3. The van der Waals surface area contributed by atoms with Crippen molar-refractivity contribution < 1.29 is 13.4 Å². The first kappa shape index (κ1) is 21.8. The van der Waals surface area contributed by atoms with Gasteiger partial charge in [0.25, 0.3) is 5.91 Å². The summed E-state index contributed by atoms with van der Waals surface area (Å²) in [5.41, 5.74) is 3.22. The molecule has 0 bridgehead atoms. The van der Waals surface area contributed by atoms with Crippen LogP contribution in [0.3, 0.4) is 0 Å². The number of hydrogen-bond acceptors (Lipinski definition) is 4. The fourth-order valence-corrected chi connectivity index (χ4v) is 4.32. The number of benzene rings is 2. The smallest absolute Gasteiger partial charge is 0.253 e. The van der Waals surface area contributed by atoms with Gasteiger partial charge in [-0.25, -0.2) is 14.4 Å². The van der Waals surface area contributed by atoms with E-state index in [0.717, 1.165) is 17.4 Å². The molecule has 32 heavy (non-hydrogen) atoms. The molecule has 0 saturated heterocycles. The van der Waals surface area contributed by atoms with Gasteiger partial charge in [-0.05, 0) is 36.2 Å². The average molecular weight is 451 g/mol. The monoisotopic (exact) mass is 450 g/mol. The molecule has 4 aromatic rings. The Hall–Kier alpha value is -3.39. The zero-order valence-corrected chi connectivity index (χ0v) is 19.1. The third-order valence-corrected chi connectivity index (χ3v) is 6.28. The number of nitrogens with zero attached hydrogens (tertiary/aromatic N) is 4. The van der Waals surface area contributed by atoms with Crippen molar-refractivity contribution in [2.45, 2.75) is 18.2 Å². The molecule has 4 rings (SSSR count). The highest BCUT2D eigenvalue weighted by Crippen LogP contribution is 2.28. The molecule has 0 fully saturated rings. The number of fused-ring (bicyclic) bond motifs is 1. The molecule has 0 N–H and O–H groups in total. The first-order chi connectivity index (χ1) is 15.3. The van der Waals surface area contributed by atoms with Crippen LogP contribution >= 0.6 is 0 Å². The van der Waals surface area contributed by atoms with E-state index in [9.17, 15) is 13.4 Å². The highest BCUT2D eigenvalue weighted by molar-refractivity contribution is 7.84. The van der Waals surface area contributed by atoms with Crippen LogP contribution in [0.5, 0.6) is 0 Å². The van der Waals surface area contributed by atoms with E-state index in [-0.39, 0.29) is 11.7 Å². The van der Waals surface area contributed by atoms with E-state index in [1.54, 1.807) is 73.8 Å². The Kier molecular flexibility index (Phi) is 5.88. The van der Waals surface area contributed by atoms with E-state index in [0.29, 0.717) is 33.1 Å². The van der Waals surface area contributed by atoms with Crippen molar-refractivity contribution in [3.05, 3.63) is 71.9 Å². The molecule has 0 radical (unpaired) electrons. The summed E-state index contributed by atoms with van der Waals surface area (Å²) in [5.74, 6) is -0.126. The van der Waals surface area contributed by atoms with Crippen molar-refractivity contribution in [3.8, 4) is 17.1 Å². The van der Waals surface area contributed by atoms with Crippen LogP contribution in [0.15, 0.2) is 59.9 Å². The van der Waals surface area contributed by atoms with Crippen molar-refractivity contribution in [3.63, 3.8) is 0 Å². The fourth-order valence-electron chi connectivity index (χ4n) is 3.58. The Labute approximate surface area is 188 Å². The maximum atomic E-state index is 14.4. The number of amides is 1. The molecule has 0 aliphatic rings. The number of hydrogen-bond donors (Lipinski definition) is 0. The van der Waals surface area contributed by atoms with Crippen LogP contribution in [0.25, 0.3) is 28.0 Å². The van der Waals surface area contributed by atoms with Crippen LogP contribution in [0.1, 0.15) is 22.8 Å². The normalized spacial score (nSPS) is 12.2. The molecule has 2 aromatic carbocycles. The third kappa shape index (κ3) is 3.93. The predicted octanol–water partition coefficient (Wildman–Crippen LogP) is 4.23. The second-order valence-corrected chi connectivity index (χ2v) is 9.04. The molecule has 8 heteroatoms. The average Bonchev–Trinajstić information content (AvgIpc) is 3.18. The van der Waals surface area contributed by atoms with Crippen LogP contribution in [0.4, 0.5) is 4.39 Å². The summed E-state index contributed by atoms with van der Waals surface area (Å²) >= 11 is 0. The van der Waals surface area contributed by atoms with Crippen molar-refractivity contribution >= 4 is 27.6 Å². The van der Waals surface area contributed by atoms with E-state index in [4.69, 9.17) is 0 Å². The Morgan fingerprint density at radius 3 is 2.47 bits per heavy atom. The predicted molar refractivity (Wildman–Crippen MR) is 124 cm³/mol. The van der Waals surface area contributed by atoms with Gasteiger partial charge in [0.1, 0.15) is 5.82 Å². The molecule has 0 aliphatic carbocycles. The highest BCUT2D eigenvalue weighted by Gasteiger charge is 2.17. The molecule has 0 spiro atoms. The number of carbonyl (C=O) groups is 1. The minimum atomic E-state index is -1.24. The quantitative estimate of drug-likeness (QED) is 0.456. The van der Waals surface area contributed by atoms with Gasteiger partial charge in [0.15, 0.2) is 0 Å². The molecular formula is C24H23FN4O2S. The zero-order valence-electron chi connectivity index (χ0n) is 18.3. The maximum absolute atomic E-state index is 14.4. The van der Waals surface area contributed by atoms with Gasteiger partial charge >= 0.3 is 0 Å². The summed E-state index contributed by atoms with van der Waals surface area (Å²) in [6.45, 7) is 2.01. The van der Waals surface area contributed by atoms with Crippen molar-refractivity contribution in [2.75, 3.05) is 20.4 Å². The number of rotatable bonds is 5. The first-order valence-electron chi connectivity index (χ1n) is 10.1. The lowest BCUT2D eigenvalue weighted by Crippen LogP contribution is -2.21. The Morgan fingerprint density at radius 1 is 1.12 bits per heavy atom. The Bertz CT molecular complexity index is 1350. The highest BCUT2D eigenvalue weighted by atomic mass is 32.2. The van der Waals surface area contributed by atoms with Crippen LogP contribution < -0.4 is 0 Å². The largest absolute Gasteiger partial charge is 0.345 e. The second-order valence-electron chi connectivity index (χ2n) is 7.69. The molecular weight excluding hydrogens is 427 g/mol. The van der Waals surface area contributed by atoms with Gasteiger partial charge in [-0.15, -0.1) is 0 Å². The van der Waals surface area contributed by atoms with Crippen LogP contribution in [0, 0.1) is 5.82 Å². The SMILES string of the molecule is CCc1ccc(F)c(-c2cnc(-n3cc(S(C)=O)c4ccc(C(=O)N(C)C)cc43)nc2)c1. The molecule has 0 aliphatic heterocycles. The van der Waals surface area contributed by atoms with Gasteiger partial charge in [-0.1, -0.05) is 19.1 Å². The van der Waals surface area contributed by atoms with Gasteiger partial charge < -0.3 is 4.90 Å². The first-order valence-corrected chi connectivity index (χ1v) is 11.7. The van der Waals surface area contributed by atoms with Gasteiger partial charge in [0.2, 0.25) is 5.95 Å². The molecule has 2 heterocycles. The lowest BCUT2D eigenvalue weighted by Gasteiger charge is -2.11. The number of halogens is 1. The maximum Gasteiger partial charge on any atom is 0.253 e. The fraction of sp³-hybridized carbons (Fsp3) is 0.208. The van der Waals surface area contributed by atoms with Gasteiger partial charge in [0.05, 0.1) is 21.2 Å². The summed E-state index contributed by atoms with van der Waals surface area (Å²) in [4.78, 5) is 23.5. The molecule has 1 atom stereocenters. The molecule has 1 amide bonds. The van der Waals surface area contributed by atoms with Crippen molar-refractivity contribution in [1.29, 1.82) is 0 Å². The Balaban J connectivity index is 1.83. The van der Waals surface area contributed by atoms with E-state index in [2.05, 4.69) is 9.97 Å². The summed E-state index contributed by atoms with van der Waals surface area (Å²) < 4.78 is 28.4. The second kappa shape index (κ2) is 8.63. The summed E-state index contributed by atoms with van der Waals surface area (Å²) in [5, 5.41) is 0.760. The van der Waals surface area contributed by atoms with E-state index >= 15 is 0 Å². The van der Waals surface area contributed by atoms with Gasteiger partial charge in [0, 0.05) is 61.0 Å². The molecule has 2 aromatic heterocycles. The van der Waals surface area contributed by atoms with E-state index in [1.165, 1.54) is 11.0 Å². The molecule has 6 nitrogen and oxygen atoms in total. The van der Waals surface area contributed by atoms with Gasteiger partial charge in [-0.2, -0.15) is 0 Å². The number of aryl methyl sites for hydroxylation is 1. The minimum Gasteiger partial charge on any atom is -0.345 e. The zero-order chi connectivity index (χ0) is 23.0. The van der Waals surface area contributed by atoms with Crippen molar-refractivity contribution in [1.82, 2.24) is 19.4 Å². The van der Waals surface area contributed by atoms with Crippen molar-refractivity contribution in [2.24, 2.45) is 0 Å². The van der Waals surface area contributed by atoms with Crippen LogP contribution in [0.2, 0.25) is 0 Å². The third-order valence-electron chi connectivity index (χ3n) is 5.34. The standard InChI is InChI=1S/C24H23FN4O2S/c1-5-15-6-9-20(25)19(10-15)17-12-26-24(27-13-17)29-14-22(32(4)31)18-8-7-16(11-21(18)29)23(30)28(2)3/h6-14H,5H2,1-4H3. The van der Waals surface area contributed by atoms with E-state index in [1.807, 2.05) is 6.92 Å². The lowest BCUT2D eigenvalue weighted by molar-refractivity contribution is 0.0827. The van der Waals surface area contributed by atoms with Gasteiger partial charge in [-0.3, -0.25) is 13.6 Å². The van der Waals surface area contributed by atoms with Crippen LogP contribution in [-0.2, 0) is 17.2 Å². The lowest BCUT2D eigenvalue weighted by atomic mass is 10.0. The van der Waals surface area contributed by atoms with Crippen LogP contribution in [-0.4, -0.2) is 49.9 Å². The summed E-state index contributed by atoms with van der Waals surface area (Å²) in [7, 11) is 2.13. The topological polar surface area (TPSA) is 68.1 Å². The van der Waals surface area contributed by atoms with E-state index < -0.39 is 10.8 Å². The number of carbonyl (C=O) groups excluding carboxylic acids is 1. The molecule has 164 valence electrons. The number of aromatic nitrogens is 3. The minimum absolute atomic E-state index is 0.138. The molecule has 0 saturated carbocycles.